The molecule has 0 N–H and O–H groups in total. The molecule has 2 rings (SSSR count). The molecule has 0 aliphatic heterocycles. The first-order valence-corrected chi connectivity index (χ1v) is 5.28. The van der Waals surface area contributed by atoms with E-state index in [2.05, 4.69) is 9.97 Å². The summed E-state index contributed by atoms with van der Waals surface area (Å²) < 4.78 is 5.45. The van der Waals surface area contributed by atoms with Crippen LogP contribution in [-0.4, -0.2) is 14.9 Å². The third-order valence-electron chi connectivity index (χ3n) is 2.36. The fourth-order valence-electron chi connectivity index (χ4n) is 1.41. The lowest BCUT2D eigenvalue weighted by Gasteiger charge is -2.05. The van der Waals surface area contributed by atoms with E-state index in [1.807, 2.05) is 13.0 Å². The van der Waals surface area contributed by atoms with Crippen molar-refractivity contribution < 1.29 is 9.66 Å². The third kappa shape index (κ3) is 2.60. The largest absolute Gasteiger partial charge is 0.437 e. The van der Waals surface area contributed by atoms with Gasteiger partial charge in [-0.25, -0.2) is 4.98 Å². The average molecular weight is 245 g/mol. The van der Waals surface area contributed by atoms with Gasteiger partial charge in [-0.1, -0.05) is 0 Å². The highest BCUT2D eigenvalue weighted by Crippen LogP contribution is 2.23. The highest BCUT2D eigenvalue weighted by atomic mass is 16.6. The van der Waals surface area contributed by atoms with Gasteiger partial charge in [-0.2, -0.15) is 0 Å². The maximum absolute atomic E-state index is 10.6. The standard InChI is InChI=1S/C12H11N3O3/c1-8-5-12(14-7-11(8)15(16)17)18-10-4-3-9(2)13-6-10/h3-7H,1-2H3. The predicted octanol–water partition coefficient (Wildman–Crippen LogP) is 2.79. The second-order valence-corrected chi connectivity index (χ2v) is 3.80. The van der Waals surface area contributed by atoms with Crippen molar-refractivity contribution in [2.75, 3.05) is 0 Å². The Balaban J connectivity index is 2.22. The van der Waals surface area contributed by atoms with E-state index in [9.17, 15) is 10.1 Å². The van der Waals surface area contributed by atoms with Crippen LogP contribution in [0, 0.1) is 24.0 Å². The van der Waals surface area contributed by atoms with Crippen LogP contribution in [0.3, 0.4) is 0 Å². The van der Waals surface area contributed by atoms with E-state index in [1.54, 1.807) is 19.2 Å². The third-order valence-corrected chi connectivity index (χ3v) is 2.36. The minimum atomic E-state index is -0.473. The molecule has 0 bridgehead atoms. The molecular formula is C12H11N3O3. The van der Waals surface area contributed by atoms with Crippen molar-refractivity contribution in [1.82, 2.24) is 9.97 Å². The van der Waals surface area contributed by atoms with Gasteiger partial charge in [0, 0.05) is 17.3 Å². The molecule has 0 aliphatic rings. The van der Waals surface area contributed by atoms with Crippen LogP contribution in [0.25, 0.3) is 0 Å². The van der Waals surface area contributed by atoms with Gasteiger partial charge in [0.25, 0.3) is 5.69 Å². The number of rotatable bonds is 3. The summed E-state index contributed by atoms with van der Waals surface area (Å²) in [6.45, 7) is 3.51. The Morgan fingerprint density at radius 3 is 2.56 bits per heavy atom. The number of nitrogens with zero attached hydrogens (tertiary/aromatic N) is 3. The van der Waals surface area contributed by atoms with Crippen LogP contribution in [0.4, 0.5) is 5.69 Å². The Hall–Kier alpha value is -2.50. The molecule has 2 aromatic rings. The van der Waals surface area contributed by atoms with Crippen LogP contribution in [0.1, 0.15) is 11.3 Å². The second kappa shape index (κ2) is 4.79. The van der Waals surface area contributed by atoms with Gasteiger partial charge < -0.3 is 4.74 Å². The molecule has 6 heteroatoms. The lowest BCUT2D eigenvalue weighted by atomic mass is 10.2. The van der Waals surface area contributed by atoms with Gasteiger partial charge in [0.2, 0.25) is 5.88 Å². The number of ether oxygens (including phenoxy) is 1. The zero-order valence-electron chi connectivity index (χ0n) is 9.95. The van der Waals surface area contributed by atoms with E-state index in [0.29, 0.717) is 17.2 Å². The Labute approximate surface area is 103 Å². The highest BCUT2D eigenvalue weighted by molar-refractivity contribution is 5.40. The Morgan fingerprint density at radius 2 is 2.00 bits per heavy atom. The normalized spacial score (nSPS) is 10.1. The van der Waals surface area contributed by atoms with E-state index >= 15 is 0 Å². The summed E-state index contributed by atoms with van der Waals surface area (Å²) in [5.74, 6) is 0.852. The number of hydrogen-bond donors (Lipinski definition) is 0. The van der Waals surface area contributed by atoms with Gasteiger partial charge in [-0.05, 0) is 26.0 Å². The predicted molar refractivity (Wildman–Crippen MR) is 64.7 cm³/mol. The van der Waals surface area contributed by atoms with Crippen molar-refractivity contribution in [3.63, 3.8) is 0 Å². The van der Waals surface area contributed by atoms with Gasteiger partial charge in [0.1, 0.15) is 11.9 Å². The summed E-state index contributed by atoms with van der Waals surface area (Å²) in [5, 5.41) is 10.6. The van der Waals surface area contributed by atoms with Gasteiger partial charge in [0.05, 0.1) is 11.1 Å². The molecule has 6 nitrogen and oxygen atoms in total. The van der Waals surface area contributed by atoms with E-state index in [0.717, 1.165) is 5.69 Å². The van der Waals surface area contributed by atoms with Crippen LogP contribution < -0.4 is 4.74 Å². The first-order valence-electron chi connectivity index (χ1n) is 5.28. The summed E-state index contributed by atoms with van der Waals surface area (Å²) in [4.78, 5) is 18.1. The van der Waals surface area contributed by atoms with Crippen molar-refractivity contribution in [2.45, 2.75) is 13.8 Å². The van der Waals surface area contributed by atoms with Crippen molar-refractivity contribution in [3.8, 4) is 11.6 Å². The zero-order chi connectivity index (χ0) is 13.1. The lowest BCUT2D eigenvalue weighted by molar-refractivity contribution is -0.385. The molecule has 0 saturated carbocycles. The smallest absolute Gasteiger partial charge is 0.290 e. The van der Waals surface area contributed by atoms with Crippen molar-refractivity contribution in [1.29, 1.82) is 0 Å². The van der Waals surface area contributed by atoms with Crippen molar-refractivity contribution in [3.05, 3.63) is 52.0 Å². The molecule has 0 aromatic carbocycles. The number of hydrogen-bond acceptors (Lipinski definition) is 5. The molecule has 2 heterocycles. The molecule has 2 aromatic heterocycles. The minimum Gasteiger partial charge on any atom is -0.437 e. The maximum Gasteiger partial charge on any atom is 0.290 e. The Bertz CT molecular complexity index is 582. The fourth-order valence-corrected chi connectivity index (χ4v) is 1.41. The van der Waals surface area contributed by atoms with Gasteiger partial charge in [0.15, 0.2) is 0 Å². The molecule has 0 fully saturated rings. The Morgan fingerprint density at radius 1 is 1.22 bits per heavy atom. The monoisotopic (exact) mass is 245 g/mol. The summed E-state index contributed by atoms with van der Waals surface area (Å²) in [6, 6.07) is 5.10. The molecule has 0 atom stereocenters. The van der Waals surface area contributed by atoms with Gasteiger partial charge in [-0.15, -0.1) is 0 Å². The summed E-state index contributed by atoms with van der Waals surface area (Å²) in [7, 11) is 0. The van der Waals surface area contributed by atoms with Gasteiger partial charge in [-0.3, -0.25) is 15.1 Å². The zero-order valence-corrected chi connectivity index (χ0v) is 9.95. The van der Waals surface area contributed by atoms with Crippen LogP contribution >= 0.6 is 0 Å². The van der Waals surface area contributed by atoms with Crippen LogP contribution in [0.5, 0.6) is 11.6 Å². The second-order valence-electron chi connectivity index (χ2n) is 3.80. The average Bonchev–Trinajstić information content (AvgIpc) is 2.32. The summed E-state index contributed by atoms with van der Waals surface area (Å²) >= 11 is 0. The first kappa shape index (κ1) is 12.0. The van der Waals surface area contributed by atoms with Crippen LogP contribution in [0.2, 0.25) is 0 Å². The molecule has 0 unspecified atom stereocenters. The number of aryl methyl sites for hydroxylation is 2. The SMILES string of the molecule is Cc1ccc(Oc2cc(C)c([N+](=O)[O-])cn2)cn1. The molecule has 92 valence electrons. The fraction of sp³-hybridized carbons (Fsp3) is 0.167. The first-order chi connectivity index (χ1) is 8.56. The van der Waals surface area contributed by atoms with E-state index in [4.69, 9.17) is 4.74 Å². The number of pyridine rings is 2. The summed E-state index contributed by atoms with van der Waals surface area (Å²) in [5.41, 5.74) is 1.37. The quantitative estimate of drug-likeness (QED) is 0.613. The minimum absolute atomic E-state index is 0.0237. The molecule has 0 amide bonds. The van der Waals surface area contributed by atoms with Crippen molar-refractivity contribution >= 4 is 5.69 Å². The molecule has 18 heavy (non-hydrogen) atoms. The molecule has 0 aliphatic carbocycles. The molecule has 0 saturated heterocycles. The summed E-state index contributed by atoms with van der Waals surface area (Å²) in [6.07, 6.45) is 2.76. The number of nitro groups is 1. The van der Waals surface area contributed by atoms with E-state index in [-0.39, 0.29) is 5.69 Å². The van der Waals surface area contributed by atoms with E-state index < -0.39 is 4.92 Å². The molecule has 0 radical (unpaired) electrons. The number of aromatic nitrogens is 2. The van der Waals surface area contributed by atoms with E-state index in [1.165, 1.54) is 12.3 Å². The van der Waals surface area contributed by atoms with Crippen molar-refractivity contribution in [2.24, 2.45) is 0 Å². The maximum atomic E-state index is 10.6. The molecular weight excluding hydrogens is 234 g/mol. The lowest BCUT2D eigenvalue weighted by Crippen LogP contribution is -1.95. The Kier molecular flexibility index (Phi) is 3.18. The van der Waals surface area contributed by atoms with Crippen LogP contribution in [0.15, 0.2) is 30.6 Å². The van der Waals surface area contributed by atoms with Crippen LogP contribution in [-0.2, 0) is 0 Å². The van der Waals surface area contributed by atoms with Gasteiger partial charge >= 0.3 is 0 Å². The molecule has 0 spiro atoms. The topological polar surface area (TPSA) is 78.2 Å². The highest BCUT2D eigenvalue weighted by Gasteiger charge is 2.12.